The van der Waals surface area contributed by atoms with E-state index in [9.17, 15) is 9.59 Å². The van der Waals surface area contributed by atoms with Crippen molar-refractivity contribution < 1.29 is 9.53 Å². The van der Waals surface area contributed by atoms with Crippen LogP contribution in [0.15, 0.2) is 53.6 Å². The number of ether oxygens (including phenoxy) is 1. The number of fused-ring (bicyclic) bond motifs is 1. The Hall–Kier alpha value is -3.65. The molecule has 8 nitrogen and oxygen atoms in total. The van der Waals surface area contributed by atoms with Crippen LogP contribution in [-0.4, -0.2) is 32.2 Å². The number of carbonyl (C=O) groups is 1. The molecule has 1 N–H and O–H groups in total. The van der Waals surface area contributed by atoms with Gasteiger partial charge >= 0.3 is 5.56 Å². The van der Waals surface area contributed by atoms with E-state index < -0.39 is 0 Å². The summed E-state index contributed by atoms with van der Waals surface area (Å²) in [4.78, 5) is 25.3. The van der Waals surface area contributed by atoms with Crippen LogP contribution in [0, 0.1) is 13.8 Å². The first-order valence-corrected chi connectivity index (χ1v) is 10.4. The van der Waals surface area contributed by atoms with E-state index in [0.29, 0.717) is 28.7 Å². The molecule has 1 amide bonds. The van der Waals surface area contributed by atoms with Gasteiger partial charge < -0.3 is 10.1 Å². The minimum absolute atomic E-state index is 0.171. The second-order valence-corrected chi connectivity index (χ2v) is 7.86. The number of rotatable bonds is 6. The number of anilines is 1. The number of carbonyl (C=O) groups excluding carboxylic acids is 1. The number of aryl methyl sites for hydroxylation is 3. The lowest BCUT2D eigenvalue weighted by molar-refractivity contribution is -0.116. The standard InChI is InChI=1S/C23H22ClN5O3/c1-14-4-6-17(12-15(14)2)28-10-11-29-20(26-27-22(29)23(28)31)8-9-21(30)25-16-5-7-19(32-3)18(24)13-16/h4-7,10-13H,8-9H2,1-3H3,(H,25,30). The fraction of sp³-hybridized carbons (Fsp3) is 0.217. The molecule has 0 aliphatic rings. The summed E-state index contributed by atoms with van der Waals surface area (Å²) in [5.74, 6) is 0.866. The van der Waals surface area contributed by atoms with Gasteiger partial charge in [0.2, 0.25) is 11.6 Å². The van der Waals surface area contributed by atoms with Crippen LogP contribution in [0.3, 0.4) is 0 Å². The first-order valence-electron chi connectivity index (χ1n) is 10.0. The Morgan fingerprint density at radius 3 is 2.62 bits per heavy atom. The summed E-state index contributed by atoms with van der Waals surface area (Å²) in [7, 11) is 1.53. The van der Waals surface area contributed by atoms with Crippen LogP contribution < -0.4 is 15.6 Å². The van der Waals surface area contributed by atoms with E-state index >= 15 is 0 Å². The van der Waals surface area contributed by atoms with Crippen molar-refractivity contribution in [1.29, 1.82) is 0 Å². The molecule has 0 radical (unpaired) electrons. The van der Waals surface area contributed by atoms with Crippen molar-refractivity contribution in [2.75, 3.05) is 12.4 Å². The summed E-state index contributed by atoms with van der Waals surface area (Å²) in [6.45, 7) is 4.03. The van der Waals surface area contributed by atoms with E-state index in [1.165, 1.54) is 7.11 Å². The molecular formula is C23H22ClN5O3. The normalized spacial score (nSPS) is 11.0. The van der Waals surface area contributed by atoms with Gasteiger partial charge in [-0.05, 0) is 55.3 Å². The number of methoxy groups -OCH3 is 1. The number of nitrogens with zero attached hydrogens (tertiary/aromatic N) is 4. The van der Waals surface area contributed by atoms with Gasteiger partial charge in [0, 0.05) is 36.6 Å². The highest BCUT2D eigenvalue weighted by Crippen LogP contribution is 2.27. The Kier molecular flexibility index (Phi) is 5.96. The van der Waals surface area contributed by atoms with Crippen molar-refractivity contribution in [1.82, 2.24) is 19.2 Å². The number of halogens is 1. The summed E-state index contributed by atoms with van der Waals surface area (Å²) < 4.78 is 8.27. The quantitative estimate of drug-likeness (QED) is 0.482. The SMILES string of the molecule is COc1ccc(NC(=O)CCc2nnc3c(=O)n(-c4ccc(C)c(C)c4)ccn23)cc1Cl. The lowest BCUT2D eigenvalue weighted by Gasteiger charge is -2.09. The topological polar surface area (TPSA) is 90.5 Å². The van der Waals surface area contributed by atoms with Gasteiger partial charge in [-0.1, -0.05) is 17.7 Å². The molecular weight excluding hydrogens is 430 g/mol. The zero-order chi connectivity index (χ0) is 22.8. The highest BCUT2D eigenvalue weighted by molar-refractivity contribution is 6.32. The minimum atomic E-state index is -0.271. The number of hydrogen-bond acceptors (Lipinski definition) is 5. The largest absolute Gasteiger partial charge is 0.495 e. The van der Waals surface area contributed by atoms with Crippen LogP contribution in [0.4, 0.5) is 5.69 Å². The molecule has 2 aromatic heterocycles. The molecule has 0 saturated carbocycles. The predicted octanol–water partition coefficient (Wildman–Crippen LogP) is 3.73. The summed E-state index contributed by atoms with van der Waals surface area (Å²) in [5, 5.41) is 11.4. The Labute approximate surface area is 189 Å². The molecule has 164 valence electrons. The summed E-state index contributed by atoms with van der Waals surface area (Å²) in [6, 6.07) is 10.9. The van der Waals surface area contributed by atoms with Crippen molar-refractivity contribution in [3.8, 4) is 11.4 Å². The van der Waals surface area contributed by atoms with Crippen molar-refractivity contribution in [3.05, 3.63) is 81.1 Å². The van der Waals surface area contributed by atoms with Gasteiger partial charge in [0.05, 0.1) is 12.1 Å². The van der Waals surface area contributed by atoms with Crippen LogP contribution >= 0.6 is 11.6 Å². The predicted molar refractivity (Wildman–Crippen MR) is 123 cm³/mol. The maximum Gasteiger partial charge on any atom is 0.300 e. The van der Waals surface area contributed by atoms with Gasteiger partial charge in [-0.25, -0.2) is 0 Å². The average molecular weight is 452 g/mol. The van der Waals surface area contributed by atoms with Gasteiger partial charge in [0.15, 0.2) is 0 Å². The monoisotopic (exact) mass is 451 g/mol. The molecule has 0 saturated heterocycles. The Balaban J connectivity index is 1.50. The van der Waals surface area contributed by atoms with Crippen LogP contribution in [0.2, 0.25) is 5.02 Å². The van der Waals surface area contributed by atoms with E-state index in [4.69, 9.17) is 16.3 Å². The molecule has 32 heavy (non-hydrogen) atoms. The summed E-state index contributed by atoms with van der Waals surface area (Å²) in [6.07, 6.45) is 3.92. The van der Waals surface area contributed by atoms with Crippen LogP contribution in [0.1, 0.15) is 23.4 Å². The highest BCUT2D eigenvalue weighted by atomic mass is 35.5. The fourth-order valence-electron chi connectivity index (χ4n) is 3.38. The maximum absolute atomic E-state index is 12.9. The Morgan fingerprint density at radius 1 is 1.09 bits per heavy atom. The number of amides is 1. The molecule has 4 rings (SSSR count). The van der Waals surface area contributed by atoms with Crippen LogP contribution in [-0.2, 0) is 11.2 Å². The van der Waals surface area contributed by atoms with Gasteiger partial charge in [0.1, 0.15) is 11.6 Å². The number of hydrogen-bond donors (Lipinski definition) is 1. The van der Waals surface area contributed by atoms with Crippen molar-refractivity contribution in [2.45, 2.75) is 26.7 Å². The number of aromatic nitrogens is 4. The third-order valence-corrected chi connectivity index (χ3v) is 5.62. The second-order valence-electron chi connectivity index (χ2n) is 7.45. The molecule has 0 unspecified atom stereocenters. The molecule has 0 bridgehead atoms. The lowest BCUT2D eigenvalue weighted by atomic mass is 10.1. The smallest absolute Gasteiger partial charge is 0.300 e. The van der Waals surface area contributed by atoms with Crippen molar-refractivity contribution in [2.24, 2.45) is 0 Å². The van der Waals surface area contributed by atoms with Gasteiger partial charge in [-0.15, -0.1) is 10.2 Å². The second kappa shape index (κ2) is 8.84. The maximum atomic E-state index is 12.9. The fourth-order valence-corrected chi connectivity index (χ4v) is 3.63. The van der Waals surface area contributed by atoms with Crippen LogP contribution in [0.5, 0.6) is 5.75 Å². The molecule has 0 aliphatic heterocycles. The first kappa shape index (κ1) is 21.6. The average Bonchev–Trinajstić information content (AvgIpc) is 3.19. The summed E-state index contributed by atoms with van der Waals surface area (Å²) >= 11 is 6.10. The van der Waals surface area contributed by atoms with E-state index in [2.05, 4.69) is 15.5 Å². The van der Waals surface area contributed by atoms with Gasteiger partial charge in [-0.3, -0.25) is 18.6 Å². The first-order chi connectivity index (χ1) is 15.4. The third kappa shape index (κ3) is 4.22. The Bertz CT molecular complexity index is 1380. The molecule has 0 aliphatic carbocycles. The molecule has 0 atom stereocenters. The van der Waals surface area contributed by atoms with E-state index in [0.717, 1.165) is 16.8 Å². The number of nitrogens with one attached hydrogen (secondary N) is 1. The Morgan fingerprint density at radius 2 is 1.91 bits per heavy atom. The highest BCUT2D eigenvalue weighted by Gasteiger charge is 2.14. The van der Waals surface area contributed by atoms with E-state index in [-0.39, 0.29) is 23.5 Å². The number of benzene rings is 2. The van der Waals surface area contributed by atoms with Gasteiger partial charge in [-0.2, -0.15) is 0 Å². The van der Waals surface area contributed by atoms with Crippen molar-refractivity contribution >= 4 is 28.8 Å². The molecule has 9 heteroatoms. The van der Waals surface area contributed by atoms with Gasteiger partial charge in [0.25, 0.3) is 0 Å². The zero-order valence-electron chi connectivity index (χ0n) is 17.9. The van der Waals surface area contributed by atoms with E-state index in [1.54, 1.807) is 39.6 Å². The summed E-state index contributed by atoms with van der Waals surface area (Å²) in [5.41, 5.74) is 3.53. The lowest BCUT2D eigenvalue weighted by Crippen LogP contribution is -2.20. The molecule has 2 heterocycles. The zero-order valence-corrected chi connectivity index (χ0v) is 18.7. The molecule has 4 aromatic rings. The molecule has 2 aromatic carbocycles. The van der Waals surface area contributed by atoms with E-state index in [1.807, 2.05) is 32.0 Å². The molecule has 0 fully saturated rings. The molecule has 0 spiro atoms. The minimum Gasteiger partial charge on any atom is -0.495 e. The van der Waals surface area contributed by atoms with Crippen molar-refractivity contribution in [3.63, 3.8) is 0 Å². The van der Waals surface area contributed by atoms with Crippen LogP contribution in [0.25, 0.3) is 11.3 Å². The third-order valence-electron chi connectivity index (χ3n) is 5.32.